The Morgan fingerprint density at radius 1 is 0.800 bits per heavy atom. The lowest BCUT2D eigenvalue weighted by Gasteiger charge is -2.23. The molecule has 4 N–H and O–H groups in total. The Labute approximate surface area is 235 Å². The minimum Gasteiger partial charge on any atom is -0.506 e. The molecule has 0 fully saturated rings. The van der Waals surface area contributed by atoms with Crippen molar-refractivity contribution >= 4 is 11.6 Å². The molecule has 4 rings (SSSR count). The first kappa shape index (κ1) is 28.7. The van der Waals surface area contributed by atoms with Gasteiger partial charge in [0.25, 0.3) is 5.91 Å². The molecule has 40 heavy (non-hydrogen) atoms. The summed E-state index contributed by atoms with van der Waals surface area (Å²) in [4.78, 5) is 13.3. The van der Waals surface area contributed by atoms with Crippen LogP contribution in [0.4, 0.5) is 5.69 Å². The highest BCUT2D eigenvalue weighted by atomic mass is 16.5. The molecule has 4 aromatic carbocycles. The molecule has 7 nitrogen and oxygen atoms in total. The molecule has 0 heterocycles. The number of aliphatic hydroxyl groups excluding tert-OH is 1. The zero-order valence-corrected chi connectivity index (χ0v) is 23.1. The number of hydrogen-bond donors (Lipinski definition) is 4. The number of aromatic hydroxyl groups is 1. The highest BCUT2D eigenvalue weighted by molar-refractivity contribution is 6.05. The fraction of sp³-hybridized carbons (Fsp3) is 0.242. The predicted octanol–water partition coefficient (Wildman–Crippen LogP) is 6.22. The second-order valence-electron chi connectivity index (χ2n) is 10.6. The molecule has 0 saturated heterocycles. The third-order valence-electron chi connectivity index (χ3n) is 6.12. The number of phenols is 1. The summed E-state index contributed by atoms with van der Waals surface area (Å²) in [5.74, 6) is 0.386. The Morgan fingerprint density at radius 3 is 1.88 bits per heavy atom. The summed E-state index contributed by atoms with van der Waals surface area (Å²) in [7, 11) is 0. The lowest BCUT2D eigenvalue weighted by atomic mass is 10.0. The Balaban J connectivity index is 1.53. The van der Waals surface area contributed by atoms with Crippen molar-refractivity contribution < 1.29 is 24.5 Å². The smallest absolute Gasteiger partial charge is 0.256 e. The number of anilines is 1. The molecule has 0 saturated carbocycles. The molecule has 0 aromatic heterocycles. The highest BCUT2D eigenvalue weighted by Crippen LogP contribution is 2.30. The summed E-state index contributed by atoms with van der Waals surface area (Å²) in [6.07, 6.45) is -0.816. The van der Waals surface area contributed by atoms with Crippen LogP contribution in [-0.4, -0.2) is 28.2 Å². The molecule has 1 atom stereocenters. The van der Waals surface area contributed by atoms with Gasteiger partial charge < -0.3 is 30.3 Å². The number of amides is 1. The zero-order valence-electron chi connectivity index (χ0n) is 23.1. The van der Waals surface area contributed by atoms with Crippen LogP contribution in [-0.2, 0) is 13.2 Å². The van der Waals surface area contributed by atoms with E-state index in [9.17, 15) is 15.0 Å². The largest absolute Gasteiger partial charge is 0.506 e. The molecule has 0 bridgehead atoms. The van der Waals surface area contributed by atoms with E-state index in [1.807, 2.05) is 81.4 Å². The third-order valence-corrected chi connectivity index (χ3v) is 6.12. The summed E-state index contributed by atoms with van der Waals surface area (Å²) in [6.45, 7) is 7.01. The number of phenolic OH excluding ortho intramolecular Hbond substituents is 1. The maximum absolute atomic E-state index is 13.3. The van der Waals surface area contributed by atoms with Gasteiger partial charge in [0.2, 0.25) is 0 Å². The summed E-state index contributed by atoms with van der Waals surface area (Å²) >= 11 is 0. The van der Waals surface area contributed by atoms with Gasteiger partial charge in [-0.15, -0.1) is 0 Å². The first-order valence-electron chi connectivity index (χ1n) is 13.2. The molecular formula is C33H36N2O5. The van der Waals surface area contributed by atoms with Crippen molar-refractivity contribution in [3.63, 3.8) is 0 Å². The lowest BCUT2D eigenvalue weighted by molar-refractivity contribution is 0.102. The molecule has 0 aliphatic rings. The number of aliphatic hydroxyl groups is 1. The van der Waals surface area contributed by atoms with Gasteiger partial charge in [-0.05, 0) is 61.7 Å². The van der Waals surface area contributed by atoms with Crippen LogP contribution in [0.5, 0.6) is 17.2 Å². The van der Waals surface area contributed by atoms with Crippen LogP contribution in [0.2, 0.25) is 0 Å². The second kappa shape index (κ2) is 13.2. The minimum atomic E-state index is -0.816. The van der Waals surface area contributed by atoms with Gasteiger partial charge in [-0.2, -0.15) is 0 Å². The number of carbonyl (C=O) groups is 1. The van der Waals surface area contributed by atoms with Crippen molar-refractivity contribution in [2.75, 3.05) is 11.9 Å². The number of hydrogen-bond acceptors (Lipinski definition) is 6. The maximum Gasteiger partial charge on any atom is 0.256 e. The van der Waals surface area contributed by atoms with Crippen LogP contribution in [0.25, 0.3) is 0 Å². The molecule has 0 spiro atoms. The van der Waals surface area contributed by atoms with Crippen LogP contribution in [0.3, 0.4) is 0 Å². The second-order valence-corrected chi connectivity index (χ2v) is 10.6. The molecule has 0 radical (unpaired) electrons. The molecule has 208 valence electrons. The fourth-order valence-electron chi connectivity index (χ4n) is 3.93. The number of rotatable bonds is 11. The molecule has 1 unspecified atom stereocenters. The predicted molar refractivity (Wildman–Crippen MR) is 157 cm³/mol. The van der Waals surface area contributed by atoms with Gasteiger partial charge in [0, 0.05) is 23.7 Å². The Bertz CT molecular complexity index is 1340. The van der Waals surface area contributed by atoms with Crippen molar-refractivity contribution in [3.8, 4) is 17.2 Å². The van der Waals surface area contributed by atoms with Crippen molar-refractivity contribution in [1.29, 1.82) is 0 Å². The SMILES string of the molecule is CC(C)(C)NCC(O)c1ccc(O)c(NC(=O)c2cc(OCc3ccccc3)cc(OCc3ccccc3)c2)c1. The zero-order chi connectivity index (χ0) is 28.5. The van der Waals surface area contributed by atoms with E-state index in [2.05, 4.69) is 10.6 Å². The van der Waals surface area contributed by atoms with Crippen LogP contribution in [0.1, 0.15) is 53.9 Å². The Morgan fingerprint density at radius 2 is 1.35 bits per heavy atom. The van der Waals surface area contributed by atoms with Gasteiger partial charge in [-0.25, -0.2) is 0 Å². The normalized spacial score (nSPS) is 12.0. The standard InChI is InChI=1S/C33H36N2O5/c1-33(2,3)34-20-31(37)25-14-15-30(36)29(18-25)35-32(38)26-16-27(39-21-23-10-6-4-7-11-23)19-28(17-26)40-22-24-12-8-5-9-13-24/h4-19,31,34,36-37H,20-22H2,1-3H3,(H,35,38). The summed E-state index contributed by atoms with van der Waals surface area (Å²) in [5, 5.41) is 27.1. The van der Waals surface area contributed by atoms with Crippen molar-refractivity contribution in [1.82, 2.24) is 5.32 Å². The quantitative estimate of drug-likeness (QED) is 0.169. The average molecular weight is 541 g/mol. The van der Waals surface area contributed by atoms with Crippen molar-refractivity contribution in [2.24, 2.45) is 0 Å². The number of β-amino-alcohol motifs (C(OH)–C–C–N with tert-alkyl or cyclic N) is 1. The summed E-state index contributed by atoms with van der Waals surface area (Å²) in [5.41, 5.74) is 2.88. The summed E-state index contributed by atoms with van der Waals surface area (Å²) in [6, 6.07) is 29.2. The van der Waals surface area contributed by atoms with E-state index < -0.39 is 12.0 Å². The van der Waals surface area contributed by atoms with Gasteiger partial charge in [0.15, 0.2) is 0 Å². The first-order valence-corrected chi connectivity index (χ1v) is 13.2. The molecule has 0 aliphatic heterocycles. The van der Waals surface area contributed by atoms with Crippen LogP contribution in [0.15, 0.2) is 97.1 Å². The van der Waals surface area contributed by atoms with Gasteiger partial charge in [-0.1, -0.05) is 66.7 Å². The van der Waals surface area contributed by atoms with Crippen LogP contribution in [0, 0.1) is 0 Å². The van der Waals surface area contributed by atoms with E-state index in [-0.39, 0.29) is 17.0 Å². The molecule has 0 aliphatic carbocycles. The van der Waals surface area contributed by atoms with Crippen LogP contribution >= 0.6 is 0 Å². The molecule has 7 heteroatoms. The minimum absolute atomic E-state index is 0.106. The summed E-state index contributed by atoms with van der Waals surface area (Å²) < 4.78 is 12.0. The molecule has 1 amide bonds. The van der Waals surface area contributed by atoms with Gasteiger partial charge in [0.1, 0.15) is 30.5 Å². The van der Waals surface area contributed by atoms with E-state index in [1.54, 1.807) is 30.3 Å². The third kappa shape index (κ3) is 8.59. The van der Waals surface area contributed by atoms with E-state index in [0.717, 1.165) is 11.1 Å². The van der Waals surface area contributed by atoms with Gasteiger partial charge in [0.05, 0.1) is 11.8 Å². The maximum atomic E-state index is 13.3. The van der Waals surface area contributed by atoms with Gasteiger partial charge in [-0.3, -0.25) is 4.79 Å². The topological polar surface area (TPSA) is 100 Å². The number of benzene rings is 4. The number of ether oxygens (including phenoxy) is 2. The van der Waals surface area contributed by atoms with E-state index in [1.165, 1.54) is 6.07 Å². The fourth-order valence-corrected chi connectivity index (χ4v) is 3.93. The lowest BCUT2D eigenvalue weighted by Crippen LogP contribution is -2.38. The van der Waals surface area contributed by atoms with Crippen molar-refractivity contribution in [2.45, 2.75) is 45.6 Å². The number of nitrogens with one attached hydrogen (secondary N) is 2. The molecular weight excluding hydrogens is 504 g/mol. The molecule has 4 aromatic rings. The van der Waals surface area contributed by atoms with E-state index in [0.29, 0.717) is 42.4 Å². The van der Waals surface area contributed by atoms with Crippen LogP contribution < -0.4 is 20.1 Å². The monoisotopic (exact) mass is 540 g/mol. The van der Waals surface area contributed by atoms with Gasteiger partial charge >= 0.3 is 0 Å². The number of carbonyl (C=O) groups excluding carboxylic acids is 1. The Hall–Kier alpha value is -4.33. The Kier molecular flexibility index (Phi) is 9.43. The average Bonchev–Trinajstić information content (AvgIpc) is 2.95. The van der Waals surface area contributed by atoms with E-state index in [4.69, 9.17) is 9.47 Å². The highest BCUT2D eigenvalue weighted by Gasteiger charge is 2.17. The first-order chi connectivity index (χ1) is 19.2. The van der Waals surface area contributed by atoms with E-state index >= 15 is 0 Å². The van der Waals surface area contributed by atoms with Crippen molar-refractivity contribution in [3.05, 3.63) is 119 Å².